The van der Waals surface area contributed by atoms with E-state index in [0.29, 0.717) is 12.5 Å². The van der Waals surface area contributed by atoms with Gasteiger partial charge in [-0.1, -0.05) is 61.5 Å². The van der Waals surface area contributed by atoms with Crippen LogP contribution in [0.15, 0.2) is 52.0 Å². The van der Waals surface area contributed by atoms with Crippen molar-refractivity contribution >= 4 is 12.0 Å². The molecule has 1 aromatic carbocycles. The Balaban J connectivity index is 1.43. The van der Waals surface area contributed by atoms with E-state index in [-0.39, 0.29) is 0 Å². The highest BCUT2D eigenvalue weighted by Crippen LogP contribution is 2.14. The third kappa shape index (κ3) is 5.70. The summed E-state index contributed by atoms with van der Waals surface area (Å²) < 4.78 is 5.40. The van der Waals surface area contributed by atoms with E-state index in [2.05, 4.69) is 75.5 Å². The van der Waals surface area contributed by atoms with Crippen LogP contribution in [0.3, 0.4) is 0 Å². The smallest absolute Gasteiger partial charge is 0.194 e. The second kappa shape index (κ2) is 10.1. The molecule has 28 heavy (non-hydrogen) atoms. The highest BCUT2D eigenvalue weighted by Gasteiger charge is 2.19. The maximum absolute atomic E-state index is 5.40. The van der Waals surface area contributed by atoms with E-state index in [4.69, 9.17) is 4.52 Å². The van der Waals surface area contributed by atoms with Crippen molar-refractivity contribution in [2.75, 3.05) is 39.8 Å². The number of benzene rings is 1. The molecule has 2 heterocycles. The summed E-state index contributed by atoms with van der Waals surface area (Å²) >= 11 is 0. The second-order valence-corrected chi connectivity index (χ2v) is 7.37. The molecule has 1 aromatic heterocycles. The molecule has 150 valence electrons. The van der Waals surface area contributed by atoms with Crippen LogP contribution in [0.25, 0.3) is 6.08 Å². The molecule has 0 amide bonds. The van der Waals surface area contributed by atoms with Crippen molar-refractivity contribution in [3.05, 3.63) is 59.5 Å². The van der Waals surface area contributed by atoms with Gasteiger partial charge < -0.3 is 14.7 Å². The zero-order valence-electron chi connectivity index (χ0n) is 17.1. The molecular weight excluding hydrogens is 350 g/mol. The first kappa shape index (κ1) is 20.1. The Kier molecular flexibility index (Phi) is 7.25. The van der Waals surface area contributed by atoms with E-state index < -0.39 is 0 Å². The van der Waals surface area contributed by atoms with Gasteiger partial charge in [0, 0.05) is 45.8 Å². The van der Waals surface area contributed by atoms with Crippen LogP contribution in [0.4, 0.5) is 0 Å². The van der Waals surface area contributed by atoms with Gasteiger partial charge in [0.15, 0.2) is 11.7 Å². The molecule has 1 aliphatic rings. The lowest BCUT2D eigenvalue weighted by atomic mass is 10.1. The van der Waals surface area contributed by atoms with Gasteiger partial charge in [0.1, 0.15) is 0 Å². The highest BCUT2D eigenvalue weighted by atomic mass is 16.5. The minimum atomic E-state index is 0.376. The van der Waals surface area contributed by atoms with Gasteiger partial charge in [-0.2, -0.15) is 0 Å². The molecule has 0 spiro atoms. The van der Waals surface area contributed by atoms with Crippen molar-refractivity contribution in [2.45, 2.75) is 26.3 Å². The van der Waals surface area contributed by atoms with Crippen molar-refractivity contribution in [2.24, 2.45) is 4.99 Å². The van der Waals surface area contributed by atoms with E-state index in [9.17, 15) is 0 Å². The first-order valence-corrected chi connectivity index (χ1v) is 10.0. The van der Waals surface area contributed by atoms with Gasteiger partial charge in [-0.05, 0) is 11.5 Å². The number of aromatic nitrogens is 1. The maximum Gasteiger partial charge on any atom is 0.194 e. The van der Waals surface area contributed by atoms with Crippen LogP contribution >= 0.6 is 0 Å². The Morgan fingerprint density at radius 3 is 2.61 bits per heavy atom. The lowest BCUT2D eigenvalue weighted by Gasteiger charge is -2.36. The average molecular weight is 382 g/mol. The van der Waals surface area contributed by atoms with Crippen molar-refractivity contribution in [1.82, 2.24) is 20.3 Å². The van der Waals surface area contributed by atoms with Crippen molar-refractivity contribution in [1.29, 1.82) is 0 Å². The number of guanidine groups is 1. The largest absolute Gasteiger partial charge is 0.359 e. The number of nitrogens with one attached hydrogen (secondary N) is 1. The molecule has 3 rings (SSSR count). The Morgan fingerprint density at radius 2 is 1.96 bits per heavy atom. The fraction of sp³-hybridized carbons (Fsp3) is 0.455. The van der Waals surface area contributed by atoms with Crippen LogP contribution in [0.2, 0.25) is 0 Å². The maximum atomic E-state index is 5.40. The van der Waals surface area contributed by atoms with Gasteiger partial charge in [0.05, 0.1) is 12.2 Å². The zero-order valence-corrected chi connectivity index (χ0v) is 17.1. The topological polar surface area (TPSA) is 56.9 Å². The van der Waals surface area contributed by atoms with E-state index in [1.54, 1.807) is 0 Å². The number of hydrogen-bond donors (Lipinski definition) is 1. The van der Waals surface area contributed by atoms with Crippen LogP contribution in [-0.2, 0) is 6.54 Å². The summed E-state index contributed by atoms with van der Waals surface area (Å²) in [6, 6.07) is 12.5. The van der Waals surface area contributed by atoms with Gasteiger partial charge >= 0.3 is 0 Å². The van der Waals surface area contributed by atoms with Crippen molar-refractivity contribution < 1.29 is 4.52 Å². The van der Waals surface area contributed by atoms with E-state index in [1.165, 1.54) is 5.56 Å². The molecule has 2 aromatic rings. The first-order valence-electron chi connectivity index (χ1n) is 10.0. The molecule has 0 aliphatic carbocycles. The molecule has 1 saturated heterocycles. The number of nitrogens with zero attached hydrogens (tertiary/aromatic N) is 4. The summed E-state index contributed by atoms with van der Waals surface area (Å²) in [6.07, 6.45) is 4.43. The zero-order chi connectivity index (χ0) is 19.8. The van der Waals surface area contributed by atoms with Crippen LogP contribution in [0, 0.1) is 0 Å². The summed E-state index contributed by atoms with van der Waals surface area (Å²) in [5.41, 5.74) is 2.24. The summed E-state index contributed by atoms with van der Waals surface area (Å²) in [7, 11) is 1.83. The molecule has 1 fully saturated rings. The molecule has 0 saturated carbocycles. The van der Waals surface area contributed by atoms with Gasteiger partial charge in [-0.3, -0.25) is 9.89 Å². The molecule has 1 N–H and O–H groups in total. The molecule has 6 nitrogen and oxygen atoms in total. The van der Waals surface area contributed by atoms with E-state index in [0.717, 1.165) is 50.1 Å². The number of rotatable bonds is 6. The summed E-state index contributed by atoms with van der Waals surface area (Å²) in [4.78, 5) is 9.20. The van der Waals surface area contributed by atoms with Crippen molar-refractivity contribution in [3.63, 3.8) is 0 Å². The molecular formula is C22H31N5O. The van der Waals surface area contributed by atoms with Crippen LogP contribution in [0.1, 0.15) is 36.8 Å². The Labute approximate surface area is 167 Å². The van der Waals surface area contributed by atoms with Crippen LogP contribution in [-0.4, -0.2) is 60.7 Å². The second-order valence-electron chi connectivity index (χ2n) is 7.37. The Morgan fingerprint density at radius 1 is 1.21 bits per heavy atom. The Bertz CT molecular complexity index is 773. The molecule has 1 aliphatic heterocycles. The van der Waals surface area contributed by atoms with Crippen LogP contribution < -0.4 is 5.32 Å². The number of aliphatic imine (C=N–C) groups is 1. The minimum absolute atomic E-state index is 0.376. The minimum Gasteiger partial charge on any atom is -0.359 e. The number of hydrogen-bond acceptors (Lipinski definition) is 4. The van der Waals surface area contributed by atoms with E-state index >= 15 is 0 Å². The molecule has 0 atom stereocenters. The fourth-order valence-electron chi connectivity index (χ4n) is 3.23. The van der Waals surface area contributed by atoms with Gasteiger partial charge in [-0.25, -0.2) is 0 Å². The normalized spacial score (nSPS) is 16.3. The lowest BCUT2D eigenvalue weighted by molar-refractivity contribution is 0.194. The summed E-state index contributed by atoms with van der Waals surface area (Å²) in [6.45, 7) is 9.79. The highest BCUT2D eigenvalue weighted by molar-refractivity contribution is 5.79. The molecule has 6 heteroatoms. The first-order chi connectivity index (χ1) is 13.7. The standard InChI is InChI=1S/C22H31N5O/c1-18(2)21-16-20(28-25-21)17-24-22(23-3)27-14-12-26(13-15-27)11-7-10-19-8-5-4-6-9-19/h4-10,16,18H,11-15,17H2,1-3H3,(H,23,24)/b10-7+. The summed E-state index contributed by atoms with van der Waals surface area (Å²) in [5, 5.41) is 7.51. The third-order valence-electron chi connectivity index (χ3n) is 4.95. The average Bonchev–Trinajstić information content (AvgIpc) is 3.20. The van der Waals surface area contributed by atoms with Gasteiger partial charge in [-0.15, -0.1) is 0 Å². The molecule has 0 unspecified atom stereocenters. The number of piperazine rings is 1. The van der Waals surface area contributed by atoms with E-state index in [1.807, 2.05) is 19.2 Å². The predicted molar refractivity (Wildman–Crippen MR) is 114 cm³/mol. The summed E-state index contributed by atoms with van der Waals surface area (Å²) in [5.74, 6) is 2.14. The molecule has 0 radical (unpaired) electrons. The third-order valence-corrected chi connectivity index (χ3v) is 4.95. The quantitative estimate of drug-likeness (QED) is 0.615. The van der Waals surface area contributed by atoms with Crippen molar-refractivity contribution in [3.8, 4) is 0 Å². The predicted octanol–water partition coefficient (Wildman–Crippen LogP) is 3.20. The van der Waals surface area contributed by atoms with Gasteiger partial charge in [0.25, 0.3) is 0 Å². The Hall–Kier alpha value is -2.60. The molecule has 0 bridgehead atoms. The SMILES string of the molecule is CN=C(NCc1cc(C(C)C)no1)N1CCN(C/C=C/c2ccccc2)CC1. The lowest BCUT2D eigenvalue weighted by Crippen LogP contribution is -2.52. The van der Waals surface area contributed by atoms with Crippen LogP contribution in [0.5, 0.6) is 0 Å². The van der Waals surface area contributed by atoms with Gasteiger partial charge in [0.2, 0.25) is 0 Å². The monoisotopic (exact) mass is 381 g/mol. The fourth-order valence-corrected chi connectivity index (χ4v) is 3.23.